The van der Waals surface area contributed by atoms with Gasteiger partial charge in [-0.15, -0.1) is 23.1 Å². The molecule has 4 rings (SSSR count). The van der Waals surface area contributed by atoms with Crippen molar-refractivity contribution in [2.75, 3.05) is 31.1 Å². The van der Waals surface area contributed by atoms with Crippen LogP contribution in [0.5, 0.6) is 0 Å². The smallest absolute Gasteiger partial charge is 0.259 e. The van der Waals surface area contributed by atoms with Crippen molar-refractivity contribution in [3.05, 3.63) is 55.9 Å². The number of piperazine rings is 1. The predicted octanol–water partition coefficient (Wildman–Crippen LogP) is 4.19. The molecule has 1 fully saturated rings. The second kappa shape index (κ2) is 9.27. The van der Waals surface area contributed by atoms with Gasteiger partial charge in [-0.25, -0.2) is 4.98 Å². The summed E-state index contributed by atoms with van der Waals surface area (Å²) >= 11 is 3.08. The van der Waals surface area contributed by atoms with Crippen molar-refractivity contribution < 1.29 is 4.79 Å². The Bertz CT molecular complexity index is 1210. The lowest BCUT2D eigenvalue weighted by Gasteiger charge is -2.38. The van der Waals surface area contributed by atoms with Crippen molar-refractivity contribution in [1.29, 1.82) is 0 Å². The van der Waals surface area contributed by atoms with Crippen LogP contribution in [0.15, 0.2) is 23.0 Å². The number of amides is 1. The van der Waals surface area contributed by atoms with Gasteiger partial charge in [0.1, 0.15) is 10.7 Å². The van der Waals surface area contributed by atoms with Gasteiger partial charge in [-0.1, -0.05) is 12.1 Å². The summed E-state index contributed by atoms with van der Waals surface area (Å²) in [4.78, 5) is 39.2. The second-order valence-corrected chi connectivity index (χ2v) is 11.0. The number of carbonyl (C=O) groups is 1. The molecular formula is C24H30N4O2S2. The lowest BCUT2D eigenvalue weighted by Crippen LogP contribution is -2.50. The Labute approximate surface area is 197 Å². The number of aromatic nitrogens is 2. The summed E-state index contributed by atoms with van der Waals surface area (Å²) in [6, 6.07) is 6.40. The molecule has 0 saturated carbocycles. The van der Waals surface area contributed by atoms with Gasteiger partial charge in [0.2, 0.25) is 5.91 Å². The van der Waals surface area contributed by atoms with E-state index in [1.165, 1.54) is 28.6 Å². The van der Waals surface area contributed by atoms with Crippen LogP contribution >= 0.6 is 23.1 Å². The van der Waals surface area contributed by atoms with Crippen molar-refractivity contribution in [3.63, 3.8) is 0 Å². The summed E-state index contributed by atoms with van der Waals surface area (Å²) < 4.78 is 0. The van der Waals surface area contributed by atoms with E-state index in [0.29, 0.717) is 17.0 Å². The van der Waals surface area contributed by atoms with E-state index in [0.717, 1.165) is 41.5 Å². The molecule has 170 valence electrons. The molecule has 1 amide bonds. The molecule has 32 heavy (non-hydrogen) atoms. The van der Waals surface area contributed by atoms with Crippen molar-refractivity contribution in [3.8, 4) is 0 Å². The number of thiophene rings is 1. The molecule has 0 spiro atoms. The van der Waals surface area contributed by atoms with E-state index in [-0.39, 0.29) is 16.7 Å². The predicted molar refractivity (Wildman–Crippen MR) is 135 cm³/mol. The van der Waals surface area contributed by atoms with Crippen LogP contribution in [0.4, 0.5) is 5.69 Å². The monoisotopic (exact) mass is 470 g/mol. The molecule has 6 nitrogen and oxygen atoms in total. The van der Waals surface area contributed by atoms with E-state index in [1.807, 2.05) is 25.7 Å². The standard InChI is InChI=1S/C24H30N4O2S2/c1-14-7-6-8-19(15(14)2)27-9-11-28(12-10-27)24(30)18(5)31-13-20-25-22(29)21-16(3)17(4)32-23(21)26-20/h6-8,18H,9-13H2,1-5H3,(H,25,26,29). The number of benzene rings is 1. The summed E-state index contributed by atoms with van der Waals surface area (Å²) in [6.07, 6.45) is 0. The highest BCUT2D eigenvalue weighted by Crippen LogP contribution is 2.27. The number of anilines is 1. The number of carbonyl (C=O) groups excluding carboxylic acids is 1. The summed E-state index contributed by atoms with van der Waals surface area (Å²) in [7, 11) is 0. The Morgan fingerprint density at radius 2 is 1.88 bits per heavy atom. The van der Waals surface area contributed by atoms with Gasteiger partial charge in [0.15, 0.2) is 0 Å². The molecule has 1 saturated heterocycles. The van der Waals surface area contributed by atoms with Crippen LogP contribution in [0, 0.1) is 27.7 Å². The molecule has 3 heterocycles. The van der Waals surface area contributed by atoms with Crippen LogP contribution in [0.1, 0.15) is 34.3 Å². The van der Waals surface area contributed by atoms with E-state index < -0.39 is 0 Å². The van der Waals surface area contributed by atoms with E-state index in [4.69, 9.17) is 0 Å². The van der Waals surface area contributed by atoms with Crippen molar-refractivity contribution in [2.24, 2.45) is 0 Å². The fourth-order valence-corrected chi connectivity index (χ4v) is 6.03. The van der Waals surface area contributed by atoms with Crippen molar-refractivity contribution in [2.45, 2.75) is 45.6 Å². The van der Waals surface area contributed by atoms with Crippen LogP contribution in [-0.4, -0.2) is 52.2 Å². The maximum atomic E-state index is 13.0. The summed E-state index contributed by atoms with van der Waals surface area (Å²) in [5, 5.41) is 0.502. The van der Waals surface area contributed by atoms with Gasteiger partial charge in [-0.05, 0) is 57.4 Å². The minimum Gasteiger partial charge on any atom is -0.368 e. The zero-order chi connectivity index (χ0) is 23.0. The molecule has 2 aromatic heterocycles. The van der Waals surface area contributed by atoms with Crippen LogP contribution in [0.3, 0.4) is 0 Å². The molecular weight excluding hydrogens is 440 g/mol. The molecule has 0 aliphatic carbocycles. The quantitative estimate of drug-likeness (QED) is 0.606. The lowest BCUT2D eigenvalue weighted by atomic mass is 10.1. The SMILES string of the molecule is Cc1cccc(N2CCN(C(=O)C(C)SCc3nc4sc(C)c(C)c4c(=O)[nH]3)CC2)c1C. The molecule has 1 atom stereocenters. The van der Waals surface area contributed by atoms with Crippen LogP contribution in [0.2, 0.25) is 0 Å². The topological polar surface area (TPSA) is 69.3 Å². The molecule has 0 bridgehead atoms. The molecule has 1 aliphatic heterocycles. The van der Waals surface area contributed by atoms with E-state index in [1.54, 1.807) is 11.3 Å². The number of aryl methyl sites for hydroxylation is 3. The first-order valence-corrected chi connectivity index (χ1v) is 12.8. The van der Waals surface area contributed by atoms with Crippen LogP contribution in [0.25, 0.3) is 10.2 Å². The van der Waals surface area contributed by atoms with Gasteiger partial charge in [0, 0.05) is 36.7 Å². The first-order chi connectivity index (χ1) is 15.3. The highest BCUT2D eigenvalue weighted by molar-refractivity contribution is 7.99. The third-order valence-electron chi connectivity index (χ3n) is 6.41. The maximum Gasteiger partial charge on any atom is 0.259 e. The summed E-state index contributed by atoms with van der Waals surface area (Å²) in [5.74, 6) is 1.30. The Hall–Kier alpha value is -2.32. The van der Waals surface area contributed by atoms with Crippen LogP contribution in [-0.2, 0) is 10.5 Å². The van der Waals surface area contributed by atoms with Crippen molar-refractivity contribution in [1.82, 2.24) is 14.9 Å². The first kappa shape index (κ1) is 22.9. The largest absolute Gasteiger partial charge is 0.368 e. The second-order valence-electron chi connectivity index (χ2n) is 8.46. The van der Waals surface area contributed by atoms with E-state index in [2.05, 4.69) is 46.9 Å². The van der Waals surface area contributed by atoms with Crippen molar-refractivity contribution >= 4 is 44.9 Å². The molecule has 0 radical (unpaired) electrons. The lowest BCUT2D eigenvalue weighted by molar-refractivity contribution is -0.130. The zero-order valence-electron chi connectivity index (χ0n) is 19.3. The summed E-state index contributed by atoms with van der Waals surface area (Å²) in [5.41, 5.74) is 4.79. The normalized spacial score (nSPS) is 15.4. The minimum absolute atomic E-state index is 0.0889. The third kappa shape index (κ3) is 4.43. The van der Waals surface area contributed by atoms with E-state index in [9.17, 15) is 9.59 Å². The highest BCUT2D eigenvalue weighted by atomic mass is 32.2. The van der Waals surface area contributed by atoms with Gasteiger partial charge in [-0.2, -0.15) is 0 Å². The average Bonchev–Trinajstić information content (AvgIpc) is 3.07. The number of rotatable bonds is 5. The molecule has 3 aromatic rings. The van der Waals surface area contributed by atoms with Gasteiger partial charge in [0.05, 0.1) is 16.4 Å². The third-order valence-corrected chi connectivity index (χ3v) is 8.66. The Balaban J connectivity index is 1.35. The number of H-pyrrole nitrogens is 1. The van der Waals surface area contributed by atoms with Gasteiger partial charge < -0.3 is 14.8 Å². The Morgan fingerprint density at radius 1 is 1.16 bits per heavy atom. The molecule has 1 aromatic carbocycles. The van der Waals surface area contributed by atoms with Gasteiger partial charge in [0.25, 0.3) is 5.56 Å². The Kier molecular flexibility index (Phi) is 6.62. The number of thioether (sulfide) groups is 1. The zero-order valence-corrected chi connectivity index (χ0v) is 21.0. The summed E-state index contributed by atoms with van der Waals surface area (Å²) in [6.45, 7) is 13.4. The maximum absolute atomic E-state index is 13.0. The molecule has 1 unspecified atom stereocenters. The van der Waals surface area contributed by atoms with Crippen LogP contribution < -0.4 is 10.5 Å². The number of nitrogens with zero attached hydrogens (tertiary/aromatic N) is 3. The number of hydrogen-bond donors (Lipinski definition) is 1. The Morgan fingerprint density at radius 3 is 2.59 bits per heavy atom. The average molecular weight is 471 g/mol. The van der Waals surface area contributed by atoms with E-state index >= 15 is 0 Å². The van der Waals surface area contributed by atoms with Gasteiger partial charge >= 0.3 is 0 Å². The highest BCUT2D eigenvalue weighted by Gasteiger charge is 2.26. The molecule has 1 N–H and O–H groups in total. The number of fused-ring (bicyclic) bond motifs is 1. The fourth-order valence-electron chi connectivity index (χ4n) is 4.15. The van der Waals surface area contributed by atoms with Gasteiger partial charge in [-0.3, -0.25) is 9.59 Å². The first-order valence-electron chi connectivity index (χ1n) is 11.0. The fraction of sp³-hybridized carbons (Fsp3) is 0.458. The molecule has 8 heteroatoms. The molecule has 1 aliphatic rings. The number of aromatic amines is 1. The minimum atomic E-state index is -0.185. The number of hydrogen-bond acceptors (Lipinski definition) is 6. The number of nitrogens with one attached hydrogen (secondary N) is 1.